The molecule has 0 atom stereocenters. The highest BCUT2D eigenvalue weighted by atomic mass is 16.6. The second-order valence-corrected chi connectivity index (χ2v) is 3.84. The Morgan fingerprint density at radius 3 is 2.58 bits per heavy atom. The van der Waals surface area contributed by atoms with Crippen LogP contribution in [0.4, 0.5) is 0 Å². The third-order valence-electron chi connectivity index (χ3n) is 2.48. The number of methoxy groups -OCH3 is 1. The highest BCUT2D eigenvalue weighted by Crippen LogP contribution is 2.38. The molecule has 0 heterocycles. The molecule has 1 rings (SSSR count). The highest BCUT2D eigenvalue weighted by molar-refractivity contribution is 5.92. The van der Waals surface area contributed by atoms with Crippen LogP contribution in [-0.2, 0) is 4.79 Å². The first-order valence-corrected chi connectivity index (χ1v) is 5.79. The maximum absolute atomic E-state index is 11.8. The van der Waals surface area contributed by atoms with Crippen molar-refractivity contribution in [3.05, 3.63) is 29.3 Å². The average Bonchev–Trinajstić information content (AvgIpc) is 2.39. The van der Waals surface area contributed by atoms with Crippen molar-refractivity contribution in [1.29, 1.82) is 0 Å². The summed E-state index contributed by atoms with van der Waals surface area (Å²) in [5.41, 5.74) is 0.553. The van der Waals surface area contributed by atoms with Gasteiger partial charge < -0.3 is 14.6 Å². The minimum absolute atomic E-state index is 0.0396. The van der Waals surface area contributed by atoms with Gasteiger partial charge in [-0.25, -0.2) is 4.79 Å². The van der Waals surface area contributed by atoms with Gasteiger partial charge in [-0.3, -0.25) is 4.79 Å². The summed E-state index contributed by atoms with van der Waals surface area (Å²) in [4.78, 5) is 22.7. The first kappa shape index (κ1) is 14.8. The Hall–Kier alpha value is -2.30. The Morgan fingerprint density at radius 1 is 1.37 bits per heavy atom. The van der Waals surface area contributed by atoms with E-state index in [-0.39, 0.29) is 22.8 Å². The standard InChI is InChI=1S/C14H16O5/c1-4-5-9(2)14(17)19-12-10(8-15)6-7-11(16)13(12)18-3/h5-8,16H,4H2,1-3H3/b9-5+. The molecule has 0 aliphatic rings. The zero-order valence-corrected chi connectivity index (χ0v) is 11.1. The van der Waals surface area contributed by atoms with Crippen LogP contribution in [0.5, 0.6) is 17.2 Å². The van der Waals surface area contributed by atoms with E-state index >= 15 is 0 Å². The predicted octanol–water partition coefficient (Wildman–Crippen LogP) is 2.48. The zero-order valence-electron chi connectivity index (χ0n) is 11.1. The first-order chi connectivity index (χ1) is 9.04. The third-order valence-corrected chi connectivity index (χ3v) is 2.48. The first-order valence-electron chi connectivity index (χ1n) is 5.79. The van der Waals surface area contributed by atoms with Gasteiger partial charge in [0.2, 0.25) is 5.75 Å². The Labute approximate surface area is 111 Å². The summed E-state index contributed by atoms with van der Waals surface area (Å²) in [7, 11) is 1.32. The maximum Gasteiger partial charge on any atom is 0.338 e. The number of rotatable bonds is 5. The van der Waals surface area contributed by atoms with E-state index in [4.69, 9.17) is 9.47 Å². The lowest BCUT2D eigenvalue weighted by Crippen LogP contribution is -2.11. The predicted molar refractivity (Wildman–Crippen MR) is 69.7 cm³/mol. The normalized spacial score (nSPS) is 11.0. The largest absolute Gasteiger partial charge is 0.504 e. The summed E-state index contributed by atoms with van der Waals surface area (Å²) in [5, 5.41) is 9.62. The molecule has 0 saturated carbocycles. The summed E-state index contributed by atoms with van der Waals surface area (Å²) in [6, 6.07) is 2.65. The fourth-order valence-electron chi connectivity index (χ4n) is 1.53. The van der Waals surface area contributed by atoms with E-state index in [0.717, 1.165) is 0 Å². The molecule has 1 aromatic carbocycles. The van der Waals surface area contributed by atoms with E-state index in [9.17, 15) is 14.7 Å². The minimum atomic E-state index is -0.589. The molecule has 0 unspecified atom stereocenters. The minimum Gasteiger partial charge on any atom is -0.504 e. The Balaban J connectivity index is 3.19. The number of phenolic OH excluding ortho intramolecular Hbond substituents is 1. The molecule has 0 amide bonds. The molecule has 0 bridgehead atoms. The average molecular weight is 264 g/mol. The summed E-state index contributed by atoms with van der Waals surface area (Å²) in [5.74, 6) is -0.907. The number of aromatic hydroxyl groups is 1. The van der Waals surface area contributed by atoms with Crippen LogP contribution in [0.15, 0.2) is 23.8 Å². The van der Waals surface area contributed by atoms with Crippen LogP contribution in [-0.4, -0.2) is 24.5 Å². The maximum atomic E-state index is 11.8. The van der Waals surface area contributed by atoms with Crippen molar-refractivity contribution in [3.63, 3.8) is 0 Å². The van der Waals surface area contributed by atoms with Crippen LogP contribution in [0.25, 0.3) is 0 Å². The van der Waals surface area contributed by atoms with E-state index in [1.54, 1.807) is 13.0 Å². The fraction of sp³-hybridized carbons (Fsp3) is 0.286. The van der Waals surface area contributed by atoms with Crippen molar-refractivity contribution in [2.24, 2.45) is 0 Å². The smallest absolute Gasteiger partial charge is 0.338 e. The molecule has 0 spiro atoms. The molecule has 1 N–H and O–H groups in total. The molecule has 5 heteroatoms. The number of allylic oxidation sites excluding steroid dienone is 1. The molecule has 1 aromatic rings. The molecule has 5 nitrogen and oxygen atoms in total. The van der Waals surface area contributed by atoms with E-state index in [2.05, 4.69) is 0 Å². The number of phenols is 1. The molecule has 0 aliphatic heterocycles. The lowest BCUT2D eigenvalue weighted by molar-refractivity contribution is -0.130. The van der Waals surface area contributed by atoms with Crippen molar-refractivity contribution in [2.75, 3.05) is 7.11 Å². The van der Waals surface area contributed by atoms with Gasteiger partial charge in [-0.2, -0.15) is 0 Å². The molecular formula is C14H16O5. The van der Waals surface area contributed by atoms with Crippen LogP contribution in [0.2, 0.25) is 0 Å². The molecule has 0 fully saturated rings. The lowest BCUT2D eigenvalue weighted by atomic mass is 10.2. The third kappa shape index (κ3) is 3.34. The molecule has 19 heavy (non-hydrogen) atoms. The monoisotopic (exact) mass is 264 g/mol. The topological polar surface area (TPSA) is 72.8 Å². The number of esters is 1. The quantitative estimate of drug-likeness (QED) is 0.383. The van der Waals surface area contributed by atoms with Gasteiger partial charge in [-0.1, -0.05) is 13.0 Å². The van der Waals surface area contributed by atoms with Crippen LogP contribution in [0, 0.1) is 0 Å². The Bertz CT molecular complexity index is 517. The zero-order chi connectivity index (χ0) is 14.4. The van der Waals surface area contributed by atoms with Crippen molar-refractivity contribution >= 4 is 12.3 Å². The number of benzene rings is 1. The molecular weight excluding hydrogens is 248 g/mol. The number of hydrogen-bond acceptors (Lipinski definition) is 5. The van der Waals surface area contributed by atoms with Crippen LogP contribution in [0.1, 0.15) is 30.6 Å². The van der Waals surface area contributed by atoms with Crippen LogP contribution >= 0.6 is 0 Å². The van der Waals surface area contributed by atoms with Gasteiger partial charge in [0.05, 0.1) is 12.7 Å². The van der Waals surface area contributed by atoms with Gasteiger partial charge in [0.25, 0.3) is 0 Å². The summed E-state index contributed by atoms with van der Waals surface area (Å²) < 4.78 is 10.1. The molecule has 0 saturated heterocycles. The number of hydrogen-bond donors (Lipinski definition) is 1. The molecule has 0 aromatic heterocycles. The van der Waals surface area contributed by atoms with Gasteiger partial charge in [0, 0.05) is 5.57 Å². The highest BCUT2D eigenvalue weighted by Gasteiger charge is 2.19. The van der Waals surface area contributed by atoms with E-state index < -0.39 is 5.97 Å². The summed E-state index contributed by atoms with van der Waals surface area (Å²) in [6.07, 6.45) is 2.93. The van der Waals surface area contributed by atoms with Gasteiger partial charge in [0.1, 0.15) is 0 Å². The lowest BCUT2D eigenvalue weighted by Gasteiger charge is -2.12. The van der Waals surface area contributed by atoms with Crippen molar-refractivity contribution < 1.29 is 24.2 Å². The second-order valence-electron chi connectivity index (χ2n) is 3.84. The van der Waals surface area contributed by atoms with Crippen LogP contribution in [0.3, 0.4) is 0 Å². The Kier molecular flexibility index (Phi) is 5.11. The van der Waals surface area contributed by atoms with E-state index in [0.29, 0.717) is 18.3 Å². The van der Waals surface area contributed by atoms with Crippen molar-refractivity contribution in [1.82, 2.24) is 0 Å². The number of aldehydes is 1. The summed E-state index contributed by atoms with van der Waals surface area (Å²) in [6.45, 7) is 3.50. The SMILES string of the molecule is CC/C=C(\C)C(=O)Oc1c(C=O)ccc(O)c1OC. The van der Waals surface area contributed by atoms with Crippen molar-refractivity contribution in [2.45, 2.75) is 20.3 Å². The summed E-state index contributed by atoms with van der Waals surface area (Å²) >= 11 is 0. The molecule has 102 valence electrons. The van der Waals surface area contributed by atoms with Gasteiger partial charge in [-0.05, 0) is 25.5 Å². The Morgan fingerprint density at radius 2 is 2.05 bits per heavy atom. The number of ether oxygens (including phenoxy) is 2. The second kappa shape index (κ2) is 6.58. The van der Waals surface area contributed by atoms with Gasteiger partial charge in [-0.15, -0.1) is 0 Å². The van der Waals surface area contributed by atoms with E-state index in [1.807, 2.05) is 6.92 Å². The number of carbonyl (C=O) groups is 2. The fourth-order valence-corrected chi connectivity index (χ4v) is 1.53. The van der Waals surface area contributed by atoms with Crippen molar-refractivity contribution in [3.8, 4) is 17.2 Å². The molecule has 0 radical (unpaired) electrons. The molecule has 0 aliphatic carbocycles. The van der Waals surface area contributed by atoms with Crippen LogP contribution < -0.4 is 9.47 Å². The van der Waals surface area contributed by atoms with E-state index in [1.165, 1.54) is 19.2 Å². The van der Waals surface area contributed by atoms with Gasteiger partial charge >= 0.3 is 5.97 Å². The number of carbonyl (C=O) groups excluding carboxylic acids is 2. The van der Waals surface area contributed by atoms with Gasteiger partial charge in [0.15, 0.2) is 17.8 Å².